The minimum Gasteiger partial charge on any atom is -0.372 e. The van der Waals surface area contributed by atoms with E-state index in [-0.39, 0.29) is 0 Å². The third kappa shape index (κ3) is 4.22. The lowest BCUT2D eigenvalue weighted by molar-refractivity contribution is 0.0211. The lowest BCUT2D eigenvalue weighted by Crippen LogP contribution is -2.36. The van der Waals surface area contributed by atoms with Crippen LogP contribution in [0.25, 0.3) is 0 Å². The van der Waals surface area contributed by atoms with Crippen molar-refractivity contribution in [2.24, 2.45) is 0 Å². The Kier molecular flexibility index (Phi) is 5.93. The van der Waals surface area contributed by atoms with Crippen LogP contribution in [-0.2, 0) is 4.74 Å². The monoisotopic (exact) mass is 254 g/mol. The fraction of sp³-hybridized carbons (Fsp3) is 1.00. The predicted octanol–water partition coefficient (Wildman–Crippen LogP) is 2.41. The average molecular weight is 254 g/mol. The summed E-state index contributed by atoms with van der Waals surface area (Å²) in [6, 6.07) is 0.825. The van der Waals surface area contributed by atoms with E-state index >= 15 is 0 Å². The molecule has 0 aromatic heterocycles. The zero-order chi connectivity index (χ0) is 12.8. The molecule has 1 aliphatic heterocycles. The molecule has 0 aromatic rings. The van der Waals surface area contributed by atoms with E-state index in [4.69, 9.17) is 4.74 Å². The van der Waals surface area contributed by atoms with Gasteiger partial charge >= 0.3 is 0 Å². The Hall–Kier alpha value is -0.120. The van der Waals surface area contributed by atoms with Crippen molar-refractivity contribution in [2.45, 2.75) is 70.1 Å². The van der Waals surface area contributed by atoms with Gasteiger partial charge in [0.2, 0.25) is 0 Å². The SMILES string of the molecule is CCCNCC1CCC(CN(C)C2CCCC2)O1. The van der Waals surface area contributed by atoms with Gasteiger partial charge in [0.1, 0.15) is 0 Å². The number of hydrogen-bond donors (Lipinski definition) is 1. The highest BCUT2D eigenvalue weighted by molar-refractivity contribution is 4.81. The summed E-state index contributed by atoms with van der Waals surface area (Å²) in [4.78, 5) is 2.54. The molecule has 1 N–H and O–H groups in total. The van der Waals surface area contributed by atoms with Crippen LogP contribution < -0.4 is 5.32 Å². The number of nitrogens with zero attached hydrogens (tertiary/aromatic N) is 1. The van der Waals surface area contributed by atoms with Crippen LogP contribution in [0.5, 0.6) is 0 Å². The van der Waals surface area contributed by atoms with E-state index in [2.05, 4.69) is 24.2 Å². The highest BCUT2D eigenvalue weighted by atomic mass is 16.5. The van der Waals surface area contributed by atoms with Crippen LogP contribution in [0.15, 0.2) is 0 Å². The molecular formula is C15H30N2O. The first-order valence-electron chi connectivity index (χ1n) is 7.86. The van der Waals surface area contributed by atoms with Gasteiger partial charge in [-0.1, -0.05) is 19.8 Å². The summed E-state index contributed by atoms with van der Waals surface area (Å²) < 4.78 is 6.13. The standard InChI is InChI=1S/C15H30N2O/c1-3-10-16-11-14-8-9-15(18-14)12-17(2)13-6-4-5-7-13/h13-16H,3-12H2,1-2H3. The van der Waals surface area contributed by atoms with Crippen molar-refractivity contribution in [1.82, 2.24) is 10.2 Å². The van der Waals surface area contributed by atoms with Gasteiger partial charge in [0.05, 0.1) is 12.2 Å². The van der Waals surface area contributed by atoms with Crippen molar-refractivity contribution in [3.05, 3.63) is 0 Å². The van der Waals surface area contributed by atoms with Gasteiger partial charge in [-0.05, 0) is 45.7 Å². The minimum absolute atomic E-state index is 0.457. The molecule has 2 fully saturated rings. The fourth-order valence-electron chi connectivity index (χ4n) is 3.32. The van der Waals surface area contributed by atoms with E-state index in [1.165, 1.54) is 44.9 Å². The molecule has 106 valence electrons. The van der Waals surface area contributed by atoms with Crippen LogP contribution in [0.3, 0.4) is 0 Å². The van der Waals surface area contributed by atoms with Crippen molar-refractivity contribution in [3.63, 3.8) is 0 Å². The Morgan fingerprint density at radius 2 is 1.83 bits per heavy atom. The summed E-state index contributed by atoms with van der Waals surface area (Å²) >= 11 is 0. The van der Waals surface area contributed by atoms with Crippen LogP contribution in [0.2, 0.25) is 0 Å². The van der Waals surface area contributed by atoms with Gasteiger partial charge in [-0.25, -0.2) is 0 Å². The third-order valence-corrected chi connectivity index (χ3v) is 4.43. The molecule has 3 heteroatoms. The molecule has 1 saturated carbocycles. The Morgan fingerprint density at radius 3 is 2.56 bits per heavy atom. The molecule has 0 aromatic carbocycles. The highest BCUT2D eigenvalue weighted by Gasteiger charge is 2.28. The van der Waals surface area contributed by atoms with Crippen LogP contribution >= 0.6 is 0 Å². The lowest BCUT2D eigenvalue weighted by atomic mass is 10.1. The number of ether oxygens (including phenoxy) is 1. The smallest absolute Gasteiger partial charge is 0.0707 e. The van der Waals surface area contributed by atoms with Crippen LogP contribution in [0, 0.1) is 0 Å². The predicted molar refractivity (Wildman–Crippen MR) is 75.9 cm³/mol. The lowest BCUT2D eigenvalue weighted by Gasteiger charge is -2.27. The van der Waals surface area contributed by atoms with Crippen LogP contribution in [0.1, 0.15) is 51.9 Å². The first kappa shape index (κ1) is 14.3. The molecule has 0 bridgehead atoms. The molecular weight excluding hydrogens is 224 g/mol. The molecule has 1 heterocycles. The largest absolute Gasteiger partial charge is 0.372 e. The summed E-state index contributed by atoms with van der Waals surface area (Å²) in [6.07, 6.45) is 10.3. The van der Waals surface area contributed by atoms with Crippen molar-refractivity contribution in [3.8, 4) is 0 Å². The van der Waals surface area contributed by atoms with Gasteiger partial charge < -0.3 is 15.0 Å². The molecule has 0 spiro atoms. The first-order valence-corrected chi connectivity index (χ1v) is 7.86. The van der Waals surface area contributed by atoms with Crippen molar-refractivity contribution in [2.75, 3.05) is 26.7 Å². The van der Waals surface area contributed by atoms with Gasteiger partial charge in [0.15, 0.2) is 0 Å². The number of nitrogens with one attached hydrogen (secondary N) is 1. The first-order chi connectivity index (χ1) is 8.79. The molecule has 0 amide bonds. The zero-order valence-corrected chi connectivity index (χ0v) is 12.2. The van der Waals surface area contributed by atoms with E-state index in [0.29, 0.717) is 12.2 Å². The number of rotatable bonds is 7. The Bertz CT molecular complexity index is 229. The molecule has 1 saturated heterocycles. The second-order valence-electron chi connectivity index (χ2n) is 6.04. The molecule has 18 heavy (non-hydrogen) atoms. The van der Waals surface area contributed by atoms with Gasteiger partial charge in [-0.3, -0.25) is 0 Å². The zero-order valence-electron chi connectivity index (χ0n) is 12.2. The Morgan fingerprint density at radius 1 is 1.11 bits per heavy atom. The maximum absolute atomic E-state index is 6.13. The van der Waals surface area contributed by atoms with Gasteiger partial charge in [-0.2, -0.15) is 0 Å². The summed E-state index contributed by atoms with van der Waals surface area (Å²) in [6.45, 7) is 5.50. The molecule has 2 rings (SSSR count). The summed E-state index contributed by atoms with van der Waals surface area (Å²) in [5, 5.41) is 3.47. The van der Waals surface area contributed by atoms with Gasteiger partial charge in [-0.15, -0.1) is 0 Å². The molecule has 0 radical (unpaired) electrons. The number of hydrogen-bond acceptors (Lipinski definition) is 3. The minimum atomic E-state index is 0.457. The van der Waals surface area contributed by atoms with E-state index in [1.54, 1.807) is 0 Å². The van der Waals surface area contributed by atoms with E-state index < -0.39 is 0 Å². The normalized spacial score (nSPS) is 29.5. The maximum Gasteiger partial charge on any atom is 0.0707 e. The van der Waals surface area contributed by atoms with E-state index in [1.807, 2.05) is 0 Å². The molecule has 3 nitrogen and oxygen atoms in total. The topological polar surface area (TPSA) is 24.5 Å². The molecule has 2 aliphatic rings. The maximum atomic E-state index is 6.13. The summed E-state index contributed by atoms with van der Waals surface area (Å²) in [7, 11) is 2.28. The number of likely N-dealkylation sites (N-methyl/N-ethyl adjacent to an activating group) is 1. The Labute approximate surface area is 112 Å². The third-order valence-electron chi connectivity index (χ3n) is 4.43. The quantitative estimate of drug-likeness (QED) is 0.706. The van der Waals surface area contributed by atoms with Crippen molar-refractivity contribution >= 4 is 0 Å². The van der Waals surface area contributed by atoms with Crippen LogP contribution in [0.4, 0.5) is 0 Å². The molecule has 2 unspecified atom stereocenters. The highest BCUT2D eigenvalue weighted by Crippen LogP contribution is 2.25. The Balaban J connectivity index is 1.62. The van der Waals surface area contributed by atoms with Gasteiger partial charge in [0, 0.05) is 19.1 Å². The van der Waals surface area contributed by atoms with Gasteiger partial charge in [0.25, 0.3) is 0 Å². The second kappa shape index (κ2) is 7.46. The molecule has 1 aliphatic carbocycles. The second-order valence-corrected chi connectivity index (χ2v) is 6.04. The summed E-state index contributed by atoms with van der Waals surface area (Å²) in [5.74, 6) is 0. The van der Waals surface area contributed by atoms with Crippen molar-refractivity contribution in [1.29, 1.82) is 0 Å². The van der Waals surface area contributed by atoms with E-state index in [9.17, 15) is 0 Å². The summed E-state index contributed by atoms with van der Waals surface area (Å²) in [5.41, 5.74) is 0. The fourth-order valence-corrected chi connectivity index (χ4v) is 3.32. The van der Waals surface area contributed by atoms with Crippen LogP contribution in [-0.4, -0.2) is 49.8 Å². The molecule has 2 atom stereocenters. The van der Waals surface area contributed by atoms with E-state index in [0.717, 1.165) is 25.7 Å². The average Bonchev–Trinajstić information content (AvgIpc) is 3.00. The van der Waals surface area contributed by atoms with Crippen molar-refractivity contribution < 1.29 is 4.74 Å².